The second kappa shape index (κ2) is 3.77. The number of hydrogen-bond acceptors (Lipinski definition) is 3. The molecule has 64 valence electrons. The van der Waals surface area contributed by atoms with Crippen molar-refractivity contribution in [2.75, 3.05) is 6.61 Å². The molecule has 0 saturated heterocycles. The first-order chi connectivity index (χ1) is 5.72. The first kappa shape index (κ1) is 8.60. The Kier molecular flexibility index (Phi) is 2.70. The van der Waals surface area contributed by atoms with E-state index >= 15 is 0 Å². The van der Waals surface area contributed by atoms with E-state index in [1.165, 1.54) is 11.0 Å². The summed E-state index contributed by atoms with van der Waals surface area (Å²) in [6.45, 7) is 4.70. The van der Waals surface area contributed by atoms with Crippen LogP contribution in [-0.2, 0) is 0 Å². The molecule has 0 N–H and O–H groups in total. The van der Waals surface area contributed by atoms with Gasteiger partial charge in [0.2, 0.25) is 0 Å². The van der Waals surface area contributed by atoms with Gasteiger partial charge in [-0.2, -0.15) is 5.26 Å². The van der Waals surface area contributed by atoms with E-state index < -0.39 is 0 Å². The second-order valence-corrected chi connectivity index (χ2v) is 2.93. The molecule has 12 heavy (non-hydrogen) atoms. The van der Waals surface area contributed by atoms with Crippen molar-refractivity contribution in [3.05, 3.63) is 18.0 Å². The average molecular weight is 165 g/mol. The third-order valence-electron chi connectivity index (χ3n) is 1.23. The summed E-state index contributed by atoms with van der Waals surface area (Å²) in [7, 11) is 0. The summed E-state index contributed by atoms with van der Waals surface area (Å²) in [4.78, 5) is 6.52. The van der Waals surface area contributed by atoms with Crippen molar-refractivity contribution in [3.63, 3.8) is 0 Å². The van der Waals surface area contributed by atoms with Crippen LogP contribution in [0.4, 0.5) is 0 Å². The lowest BCUT2D eigenvalue weighted by Gasteiger charge is -2.05. The lowest BCUT2D eigenvalue weighted by Crippen LogP contribution is -2.16. The Morgan fingerprint density at radius 2 is 2.50 bits per heavy atom. The van der Waals surface area contributed by atoms with Crippen molar-refractivity contribution >= 4 is 0 Å². The minimum Gasteiger partial charge on any atom is -0.396 e. The molecule has 0 aliphatic heterocycles. The third kappa shape index (κ3) is 2.27. The van der Waals surface area contributed by atoms with E-state index in [0.717, 1.165) is 0 Å². The first-order valence-corrected chi connectivity index (χ1v) is 3.80. The van der Waals surface area contributed by atoms with Crippen molar-refractivity contribution in [3.8, 4) is 6.07 Å². The van der Waals surface area contributed by atoms with Crippen LogP contribution in [0.3, 0.4) is 0 Å². The van der Waals surface area contributed by atoms with Crippen LogP contribution < -0.4 is 4.84 Å². The molecule has 0 aliphatic rings. The molecule has 1 heterocycles. The van der Waals surface area contributed by atoms with Crippen LogP contribution in [0.1, 0.15) is 19.4 Å². The fraction of sp³-hybridized carbons (Fsp3) is 0.500. The minimum absolute atomic E-state index is 0.458. The maximum Gasteiger partial charge on any atom is 0.119 e. The Labute approximate surface area is 71.3 Å². The molecular weight excluding hydrogens is 154 g/mol. The van der Waals surface area contributed by atoms with Gasteiger partial charge in [-0.1, -0.05) is 13.8 Å². The summed E-state index contributed by atoms with van der Waals surface area (Å²) >= 11 is 0. The maximum absolute atomic E-state index is 8.47. The number of hydrogen-bond donors (Lipinski definition) is 0. The van der Waals surface area contributed by atoms with E-state index in [1.54, 1.807) is 6.20 Å². The fourth-order valence-electron chi connectivity index (χ4n) is 0.659. The van der Waals surface area contributed by atoms with Crippen molar-refractivity contribution in [1.82, 2.24) is 9.94 Å². The topological polar surface area (TPSA) is 50.8 Å². The van der Waals surface area contributed by atoms with Crippen LogP contribution in [0, 0.1) is 17.2 Å². The van der Waals surface area contributed by atoms with Crippen molar-refractivity contribution in [2.45, 2.75) is 13.8 Å². The van der Waals surface area contributed by atoms with E-state index in [1.807, 2.05) is 6.07 Å². The molecule has 0 spiro atoms. The summed E-state index contributed by atoms with van der Waals surface area (Å²) in [6.07, 6.45) is 3.03. The van der Waals surface area contributed by atoms with Crippen LogP contribution in [0.5, 0.6) is 0 Å². The number of rotatable bonds is 3. The predicted molar refractivity (Wildman–Crippen MR) is 43.2 cm³/mol. The molecule has 1 aromatic heterocycles. The molecule has 0 radical (unpaired) electrons. The standard InChI is InChI=1S/C8H11N3O/c1-7(2)6-12-11-5-8(3-9)4-10-11/h4-5,7H,6H2,1-2H3. The monoisotopic (exact) mass is 165 g/mol. The van der Waals surface area contributed by atoms with Gasteiger partial charge in [0.05, 0.1) is 18.0 Å². The SMILES string of the molecule is CC(C)COn1cc(C#N)cn1. The van der Waals surface area contributed by atoms with Gasteiger partial charge in [-0.15, -0.1) is 9.94 Å². The molecule has 0 amide bonds. The van der Waals surface area contributed by atoms with Gasteiger partial charge in [0, 0.05) is 0 Å². The van der Waals surface area contributed by atoms with Crippen LogP contribution in [0.2, 0.25) is 0 Å². The summed E-state index contributed by atoms with van der Waals surface area (Å²) < 4.78 is 0. The second-order valence-electron chi connectivity index (χ2n) is 2.93. The largest absolute Gasteiger partial charge is 0.396 e. The Hall–Kier alpha value is -1.50. The van der Waals surface area contributed by atoms with Gasteiger partial charge in [-0.3, -0.25) is 0 Å². The summed E-state index contributed by atoms with van der Waals surface area (Å²) in [5.74, 6) is 0.458. The van der Waals surface area contributed by atoms with Crippen molar-refractivity contribution < 1.29 is 4.84 Å². The van der Waals surface area contributed by atoms with Gasteiger partial charge in [0.1, 0.15) is 12.7 Å². The Bertz CT molecular complexity index is 285. The highest BCUT2D eigenvalue weighted by molar-refractivity contribution is 5.21. The van der Waals surface area contributed by atoms with Crippen molar-refractivity contribution in [2.24, 2.45) is 5.92 Å². The summed E-state index contributed by atoms with van der Waals surface area (Å²) in [6, 6.07) is 1.97. The van der Waals surface area contributed by atoms with Gasteiger partial charge in [0.25, 0.3) is 0 Å². The summed E-state index contributed by atoms with van der Waals surface area (Å²) in [5.41, 5.74) is 0.513. The predicted octanol–water partition coefficient (Wildman–Crippen LogP) is 0.839. The van der Waals surface area contributed by atoms with Gasteiger partial charge in [0.15, 0.2) is 0 Å². The minimum atomic E-state index is 0.458. The fourth-order valence-corrected chi connectivity index (χ4v) is 0.659. The number of nitrogens with zero attached hydrogens (tertiary/aromatic N) is 3. The van der Waals surface area contributed by atoms with E-state index in [2.05, 4.69) is 18.9 Å². The molecule has 0 atom stereocenters. The average Bonchev–Trinajstić information content (AvgIpc) is 2.48. The molecule has 0 saturated carbocycles. The Morgan fingerprint density at radius 3 is 3.00 bits per heavy atom. The molecule has 1 aromatic rings. The number of nitriles is 1. The van der Waals surface area contributed by atoms with E-state index in [0.29, 0.717) is 18.1 Å². The van der Waals surface area contributed by atoms with Gasteiger partial charge < -0.3 is 4.84 Å². The lowest BCUT2D eigenvalue weighted by molar-refractivity contribution is 0.0637. The van der Waals surface area contributed by atoms with Crippen LogP contribution in [-0.4, -0.2) is 16.6 Å². The highest BCUT2D eigenvalue weighted by Gasteiger charge is 1.98. The van der Waals surface area contributed by atoms with Crippen LogP contribution in [0.15, 0.2) is 12.4 Å². The highest BCUT2D eigenvalue weighted by atomic mass is 16.7. The van der Waals surface area contributed by atoms with E-state index in [9.17, 15) is 0 Å². The zero-order valence-electron chi connectivity index (χ0n) is 7.19. The normalized spacial score (nSPS) is 9.83. The Morgan fingerprint density at radius 1 is 1.75 bits per heavy atom. The quantitative estimate of drug-likeness (QED) is 0.666. The lowest BCUT2D eigenvalue weighted by atomic mass is 10.2. The van der Waals surface area contributed by atoms with Crippen LogP contribution in [0.25, 0.3) is 0 Å². The van der Waals surface area contributed by atoms with Gasteiger partial charge in [-0.05, 0) is 5.92 Å². The zero-order valence-corrected chi connectivity index (χ0v) is 7.19. The zero-order chi connectivity index (χ0) is 8.97. The van der Waals surface area contributed by atoms with Gasteiger partial charge in [-0.25, -0.2) is 0 Å². The molecule has 0 fully saturated rings. The van der Waals surface area contributed by atoms with E-state index in [4.69, 9.17) is 10.1 Å². The van der Waals surface area contributed by atoms with E-state index in [-0.39, 0.29) is 0 Å². The number of aromatic nitrogens is 2. The van der Waals surface area contributed by atoms with Crippen LogP contribution >= 0.6 is 0 Å². The smallest absolute Gasteiger partial charge is 0.119 e. The Balaban J connectivity index is 2.48. The van der Waals surface area contributed by atoms with Crippen molar-refractivity contribution in [1.29, 1.82) is 5.26 Å². The molecule has 1 rings (SSSR count). The molecule has 0 unspecified atom stereocenters. The third-order valence-corrected chi connectivity index (χ3v) is 1.23. The molecule has 0 aromatic carbocycles. The molecular formula is C8H11N3O. The highest BCUT2D eigenvalue weighted by Crippen LogP contribution is 1.94. The van der Waals surface area contributed by atoms with Gasteiger partial charge >= 0.3 is 0 Å². The first-order valence-electron chi connectivity index (χ1n) is 3.80. The molecule has 0 bridgehead atoms. The molecule has 4 heteroatoms. The maximum atomic E-state index is 8.47. The summed E-state index contributed by atoms with van der Waals surface area (Å²) in [5, 5.41) is 12.3. The molecule has 4 nitrogen and oxygen atoms in total. The molecule has 0 aliphatic carbocycles.